The molecule has 0 bridgehead atoms. The van der Waals surface area contributed by atoms with Crippen LogP contribution >= 0.6 is 27.3 Å². The lowest BCUT2D eigenvalue weighted by atomic mass is 10.1. The van der Waals surface area contributed by atoms with Gasteiger partial charge in [0, 0.05) is 21.9 Å². The molecule has 2 rings (SSSR count). The standard InChI is InChI=1S/C14H16BrNOS/c1-10(14-13(15)5-6-18-14)16-8-11-3-2-4-12(7-11)9-17/h2-7,10,16-17H,8-9H2,1H3. The maximum Gasteiger partial charge on any atom is 0.0681 e. The van der Waals surface area contributed by atoms with E-state index in [1.165, 1.54) is 10.4 Å². The molecule has 0 aliphatic carbocycles. The van der Waals surface area contributed by atoms with E-state index in [1.807, 2.05) is 18.2 Å². The number of benzene rings is 1. The summed E-state index contributed by atoms with van der Waals surface area (Å²) in [6.07, 6.45) is 0. The van der Waals surface area contributed by atoms with Crippen molar-refractivity contribution < 1.29 is 5.11 Å². The van der Waals surface area contributed by atoms with Crippen LogP contribution in [-0.2, 0) is 13.2 Å². The van der Waals surface area contributed by atoms with Crippen molar-refractivity contribution in [3.05, 3.63) is 56.2 Å². The lowest BCUT2D eigenvalue weighted by molar-refractivity contribution is 0.281. The van der Waals surface area contributed by atoms with Gasteiger partial charge in [-0.1, -0.05) is 24.3 Å². The van der Waals surface area contributed by atoms with E-state index in [-0.39, 0.29) is 6.61 Å². The Morgan fingerprint density at radius 2 is 2.11 bits per heavy atom. The maximum absolute atomic E-state index is 9.10. The van der Waals surface area contributed by atoms with Crippen LogP contribution in [0.2, 0.25) is 0 Å². The monoisotopic (exact) mass is 325 g/mol. The van der Waals surface area contributed by atoms with Gasteiger partial charge in [0.05, 0.1) is 6.61 Å². The molecule has 0 spiro atoms. The Bertz CT molecular complexity index is 512. The predicted octanol–water partition coefficient (Wildman–Crippen LogP) is 3.85. The highest BCUT2D eigenvalue weighted by Gasteiger charge is 2.10. The lowest BCUT2D eigenvalue weighted by Crippen LogP contribution is -2.17. The Morgan fingerprint density at radius 3 is 2.78 bits per heavy atom. The predicted molar refractivity (Wildman–Crippen MR) is 79.6 cm³/mol. The van der Waals surface area contributed by atoms with Crippen molar-refractivity contribution in [2.24, 2.45) is 0 Å². The van der Waals surface area contributed by atoms with E-state index in [0.29, 0.717) is 6.04 Å². The molecule has 0 fully saturated rings. The van der Waals surface area contributed by atoms with Gasteiger partial charge in [-0.2, -0.15) is 0 Å². The van der Waals surface area contributed by atoms with Gasteiger partial charge in [0.25, 0.3) is 0 Å². The summed E-state index contributed by atoms with van der Waals surface area (Å²) in [5.41, 5.74) is 2.15. The Hall–Kier alpha value is -0.680. The number of thiophene rings is 1. The average Bonchev–Trinajstić information content (AvgIpc) is 2.82. The quantitative estimate of drug-likeness (QED) is 0.875. The van der Waals surface area contributed by atoms with Gasteiger partial charge in [-0.3, -0.25) is 0 Å². The van der Waals surface area contributed by atoms with E-state index < -0.39 is 0 Å². The number of rotatable bonds is 5. The molecule has 1 unspecified atom stereocenters. The maximum atomic E-state index is 9.10. The lowest BCUT2D eigenvalue weighted by Gasteiger charge is -2.13. The summed E-state index contributed by atoms with van der Waals surface area (Å²) in [6, 6.07) is 10.4. The third-order valence-electron chi connectivity index (χ3n) is 2.82. The molecule has 96 valence electrons. The molecule has 1 heterocycles. The van der Waals surface area contributed by atoms with E-state index in [2.05, 4.69) is 45.7 Å². The van der Waals surface area contributed by atoms with Gasteiger partial charge in [-0.15, -0.1) is 11.3 Å². The fourth-order valence-electron chi connectivity index (χ4n) is 1.82. The molecular formula is C14H16BrNOS. The molecule has 1 atom stereocenters. The van der Waals surface area contributed by atoms with Gasteiger partial charge < -0.3 is 10.4 Å². The number of aliphatic hydroxyl groups excluding tert-OH is 1. The molecule has 0 amide bonds. The van der Waals surface area contributed by atoms with Crippen LogP contribution in [-0.4, -0.2) is 5.11 Å². The summed E-state index contributed by atoms with van der Waals surface area (Å²) in [4.78, 5) is 1.31. The SMILES string of the molecule is CC(NCc1cccc(CO)c1)c1sccc1Br. The van der Waals surface area contributed by atoms with Gasteiger partial charge in [-0.25, -0.2) is 0 Å². The van der Waals surface area contributed by atoms with Crippen molar-refractivity contribution in [3.8, 4) is 0 Å². The van der Waals surface area contributed by atoms with Gasteiger partial charge in [0.2, 0.25) is 0 Å². The normalized spacial score (nSPS) is 12.6. The van der Waals surface area contributed by atoms with Crippen LogP contribution in [0.5, 0.6) is 0 Å². The van der Waals surface area contributed by atoms with Crippen molar-refractivity contribution >= 4 is 27.3 Å². The molecular weight excluding hydrogens is 310 g/mol. The Morgan fingerprint density at radius 1 is 1.33 bits per heavy atom. The molecule has 4 heteroatoms. The van der Waals surface area contributed by atoms with Gasteiger partial charge >= 0.3 is 0 Å². The first-order valence-corrected chi connectivity index (χ1v) is 7.53. The summed E-state index contributed by atoms with van der Waals surface area (Å²) in [7, 11) is 0. The zero-order chi connectivity index (χ0) is 13.0. The van der Waals surface area contributed by atoms with Gasteiger partial charge in [0.15, 0.2) is 0 Å². The molecule has 0 saturated carbocycles. The first kappa shape index (κ1) is 13.7. The van der Waals surface area contributed by atoms with Crippen LogP contribution in [0.1, 0.15) is 29.0 Å². The van der Waals surface area contributed by atoms with Gasteiger partial charge in [0.1, 0.15) is 0 Å². The Labute approximate surface area is 120 Å². The first-order valence-electron chi connectivity index (χ1n) is 5.85. The highest BCUT2D eigenvalue weighted by atomic mass is 79.9. The molecule has 2 N–H and O–H groups in total. The molecule has 18 heavy (non-hydrogen) atoms. The average molecular weight is 326 g/mol. The number of hydrogen-bond donors (Lipinski definition) is 2. The minimum absolute atomic E-state index is 0.0971. The van der Waals surface area contributed by atoms with E-state index in [9.17, 15) is 0 Å². The second-order valence-electron chi connectivity index (χ2n) is 4.21. The second-order valence-corrected chi connectivity index (χ2v) is 6.02. The molecule has 2 aromatic rings. The first-order chi connectivity index (χ1) is 8.70. The Kier molecular flexibility index (Phi) is 4.95. The van der Waals surface area contributed by atoms with Crippen LogP contribution in [0, 0.1) is 0 Å². The van der Waals surface area contributed by atoms with Crippen LogP contribution in [0.15, 0.2) is 40.2 Å². The fraction of sp³-hybridized carbons (Fsp3) is 0.286. The van der Waals surface area contributed by atoms with Crippen LogP contribution in [0.4, 0.5) is 0 Å². The van der Waals surface area contributed by atoms with Crippen LogP contribution in [0.3, 0.4) is 0 Å². The van der Waals surface area contributed by atoms with Crippen molar-refractivity contribution in [1.29, 1.82) is 0 Å². The molecule has 0 aliphatic rings. The van der Waals surface area contributed by atoms with Crippen molar-refractivity contribution in [2.45, 2.75) is 26.1 Å². The largest absolute Gasteiger partial charge is 0.392 e. The third-order valence-corrected chi connectivity index (χ3v) is 4.88. The minimum atomic E-state index is 0.0971. The van der Waals surface area contributed by atoms with Crippen LogP contribution < -0.4 is 5.32 Å². The zero-order valence-electron chi connectivity index (χ0n) is 10.2. The second kappa shape index (κ2) is 6.48. The molecule has 0 saturated heterocycles. The number of nitrogens with one attached hydrogen (secondary N) is 1. The topological polar surface area (TPSA) is 32.3 Å². The smallest absolute Gasteiger partial charge is 0.0681 e. The minimum Gasteiger partial charge on any atom is -0.392 e. The third kappa shape index (κ3) is 3.42. The highest BCUT2D eigenvalue weighted by molar-refractivity contribution is 9.10. The van der Waals surface area contributed by atoms with E-state index in [4.69, 9.17) is 5.11 Å². The van der Waals surface area contributed by atoms with E-state index >= 15 is 0 Å². The van der Waals surface area contributed by atoms with Gasteiger partial charge in [-0.05, 0) is 45.4 Å². The summed E-state index contributed by atoms with van der Waals surface area (Å²) in [6.45, 7) is 3.06. The van der Waals surface area contributed by atoms with Crippen molar-refractivity contribution in [1.82, 2.24) is 5.32 Å². The number of aliphatic hydroxyl groups is 1. The molecule has 2 nitrogen and oxygen atoms in total. The number of halogens is 1. The summed E-state index contributed by atoms with van der Waals surface area (Å²) >= 11 is 5.30. The highest BCUT2D eigenvalue weighted by Crippen LogP contribution is 2.28. The fourth-order valence-corrected chi connectivity index (χ4v) is 3.57. The Balaban J connectivity index is 1.97. The van der Waals surface area contributed by atoms with E-state index in [1.54, 1.807) is 11.3 Å². The molecule has 0 aliphatic heterocycles. The van der Waals surface area contributed by atoms with Crippen LogP contribution in [0.25, 0.3) is 0 Å². The molecule has 0 radical (unpaired) electrons. The summed E-state index contributed by atoms with van der Waals surface area (Å²) < 4.78 is 1.16. The number of hydrogen-bond acceptors (Lipinski definition) is 3. The molecule has 1 aromatic heterocycles. The summed E-state index contributed by atoms with van der Waals surface area (Å²) in [5.74, 6) is 0. The molecule has 1 aromatic carbocycles. The summed E-state index contributed by atoms with van der Waals surface area (Å²) in [5, 5.41) is 14.7. The van der Waals surface area contributed by atoms with Crippen molar-refractivity contribution in [2.75, 3.05) is 0 Å². The van der Waals surface area contributed by atoms with Crippen molar-refractivity contribution in [3.63, 3.8) is 0 Å². The zero-order valence-corrected chi connectivity index (χ0v) is 12.6. The van der Waals surface area contributed by atoms with E-state index in [0.717, 1.165) is 16.6 Å².